The first-order valence-electron chi connectivity index (χ1n) is 15.6. The van der Waals surface area contributed by atoms with Gasteiger partial charge in [-0.05, 0) is 87.4 Å². The number of carbonyl (C=O) groups is 2. The summed E-state index contributed by atoms with van der Waals surface area (Å²) in [7, 11) is 1.40. The van der Waals surface area contributed by atoms with E-state index in [1.807, 2.05) is 4.68 Å². The SMILES string of the molecule is COC(=O)NC1CCN(CCn2ncc(C(=O)NC3C4CC5CC(C4)CC3C5)c2OCC2CCCCC2)CC1. The van der Waals surface area contributed by atoms with Gasteiger partial charge in [0.15, 0.2) is 0 Å². The number of hydrogen-bond donors (Lipinski definition) is 2. The molecule has 9 heteroatoms. The van der Waals surface area contributed by atoms with Crippen molar-refractivity contribution >= 4 is 12.0 Å². The standard InChI is InChI=1S/C30H47N5O4/c1-38-30(37)32-25-7-9-34(10-8-25)11-12-35-29(39-19-20-5-3-2-4-6-20)26(18-31-35)28(36)33-27-23-14-21-13-22(16-23)17-24(27)15-21/h18,20-25,27H,2-17,19H2,1H3,(H,32,37)(H,33,36). The molecule has 7 rings (SSSR count). The van der Waals surface area contributed by atoms with E-state index in [1.54, 1.807) is 6.20 Å². The van der Waals surface area contributed by atoms with E-state index in [4.69, 9.17) is 9.47 Å². The predicted octanol–water partition coefficient (Wildman–Crippen LogP) is 4.22. The summed E-state index contributed by atoms with van der Waals surface area (Å²) < 4.78 is 13.1. The topological polar surface area (TPSA) is 97.7 Å². The van der Waals surface area contributed by atoms with Gasteiger partial charge in [0.25, 0.3) is 5.91 Å². The van der Waals surface area contributed by atoms with E-state index in [0.717, 1.165) is 44.3 Å². The maximum atomic E-state index is 13.7. The molecule has 1 saturated heterocycles. The van der Waals surface area contributed by atoms with Crippen LogP contribution >= 0.6 is 0 Å². The lowest BCUT2D eigenvalue weighted by Crippen LogP contribution is -2.55. The fraction of sp³-hybridized carbons (Fsp3) is 0.833. The third-order valence-corrected chi connectivity index (χ3v) is 10.5. The summed E-state index contributed by atoms with van der Waals surface area (Å²) in [6.45, 7) is 4.00. The molecule has 39 heavy (non-hydrogen) atoms. The number of alkyl carbamates (subject to hydrolysis) is 1. The van der Waals surface area contributed by atoms with Crippen LogP contribution in [0.2, 0.25) is 0 Å². The number of likely N-dealkylation sites (tertiary alicyclic amines) is 1. The molecule has 0 unspecified atom stereocenters. The van der Waals surface area contributed by atoms with Crippen molar-refractivity contribution in [3.05, 3.63) is 11.8 Å². The zero-order valence-electron chi connectivity index (χ0n) is 23.6. The molecule has 6 fully saturated rings. The Bertz CT molecular complexity index is 969. The highest BCUT2D eigenvalue weighted by atomic mass is 16.5. The summed E-state index contributed by atoms with van der Waals surface area (Å²) in [6.07, 6.45) is 16.0. The van der Waals surface area contributed by atoms with Gasteiger partial charge in [-0.3, -0.25) is 4.79 Å². The predicted molar refractivity (Wildman–Crippen MR) is 148 cm³/mol. The Morgan fingerprint density at radius 2 is 1.62 bits per heavy atom. The summed E-state index contributed by atoms with van der Waals surface area (Å²) in [5.74, 6) is 4.25. The van der Waals surface area contributed by atoms with Crippen molar-refractivity contribution in [3.8, 4) is 5.88 Å². The van der Waals surface area contributed by atoms with Crippen LogP contribution in [0.15, 0.2) is 6.20 Å². The minimum absolute atomic E-state index is 0.00735. The molecule has 0 atom stereocenters. The number of aromatic nitrogens is 2. The average Bonchev–Trinajstić information content (AvgIpc) is 3.36. The molecule has 5 aliphatic carbocycles. The number of amides is 2. The van der Waals surface area contributed by atoms with E-state index < -0.39 is 0 Å². The van der Waals surface area contributed by atoms with Crippen LogP contribution in [0.25, 0.3) is 0 Å². The molecule has 1 aromatic rings. The molecular weight excluding hydrogens is 494 g/mol. The molecule has 4 bridgehead atoms. The minimum Gasteiger partial charge on any atom is -0.477 e. The first kappa shape index (κ1) is 26.9. The highest BCUT2D eigenvalue weighted by Gasteiger charge is 2.48. The van der Waals surface area contributed by atoms with Gasteiger partial charge >= 0.3 is 6.09 Å². The largest absolute Gasteiger partial charge is 0.477 e. The van der Waals surface area contributed by atoms with E-state index in [2.05, 4.69) is 20.6 Å². The number of piperidine rings is 1. The number of hydrogen-bond acceptors (Lipinski definition) is 6. The zero-order valence-corrected chi connectivity index (χ0v) is 23.6. The molecule has 2 N–H and O–H groups in total. The van der Waals surface area contributed by atoms with E-state index in [-0.39, 0.29) is 18.0 Å². The van der Waals surface area contributed by atoms with E-state index >= 15 is 0 Å². The molecular formula is C30H47N5O4. The van der Waals surface area contributed by atoms with E-state index in [0.29, 0.717) is 48.4 Å². The molecule has 216 valence electrons. The van der Waals surface area contributed by atoms with Gasteiger partial charge in [-0.1, -0.05) is 19.3 Å². The Morgan fingerprint density at radius 1 is 0.923 bits per heavy atom. The van der Waals surface area contributed by atoms with Crippen LogP contribution in [0.4, 0.5) is 4.79 Å². The normalized spacial score (nSPS) is 31.3. The van der Waals surface area contributed by atoms with E-state index in [1.165, 1.54) is 71.3 Å². The third kappa shape index (κ3) is 6.23. The third-order valence-electron chi connectivity index (χ3n) is 10.5. The van der Waals surface area contributed by atoms with Crippen LogP contribution in [-0.2, 0) is 11.3 Å². The van der Waals surface area contributed by atoms with Gasteiger partial charge in [0.2, 0.25) is 5.88 Å². The number of carbonyl (C=O) groups excluding carboxylic acids is 2. The van der Waals surface area contributed by atoms with Crippen molar-refractivity contribution in [2.24, 2.45) is 29.6 Å². The summed E-state index contributed by atoms with van der Waals surface area (Å²) in [5.41, 5.74) is 0.598. The molecule has 5 saturated carbocycles. The Balaban J connectivity index is 1.09. The van der Waals surface area contributed by atoms with Crippen molar-refractivity contribution in [1.29, 1.82) is 0 Å². The summed E-state index contributed by atoms with van der Waals surface area (Å²) >= 11 is 0. The molecule has 0 aromatic carbocycles. The van der Waals surface area contributed by atoms with Gasteiger partial charge in [0.1, 0.15) is 5.56 Å². The number of methoxy groups -OCH3 is 1. The van der Waals surface area contributed by atoms with Crippen LogP contribution in [0, 0.1) is 29.6 Å². The van der Waals surface area contributed by atoms with Crippen LogP contribution < -0.4 is 15.4 Å². The van der Waals surface area contributed by atoms with Gasteiger partial charge < -0.3 is 25.0 Å². The fourth-order valence-corrected chi connectivity index (χ4v) is 8.54. The van der Waals surface area contributed by atoms with Gasteiger partial charge in [0.05, 0.1) is 26.5 Å². The molecule has 0 spiro atoms. The number of ether oxygens (including phenoxy) is 2. The Kier molecular flexibility index (Phi) is 8.33. The van der Waals surface area contributed by atoms with Crippen molar-refractivity contribution < 1.29 is 19.1 Å². The van der Waals surface area contributed by atoms with Crippen molar-refractivity contribution in [3.63, 3.8) is 0 Å². The molecule has 0 radical (unpaired) electrons. The van der Waals surface area contributed by atoms with Crippen LogP contribution in [0.3, 0.4) is 0 Å². The lowest BCUT2D eigenvalue weighted by molar-refractivity contribution is -0.0120. The zero-order chi connectivity index (χ0) is 26.8. The van der Waals surface area contributed by atoms with Gasteiger partial charge in [-0.2, -0.15) is 5.10 Å². The smallest absolute Gasteiger partial charge is 0.407 e. The fourth-order valence-electron chi connectivity index (χ4n) is 8.54. The van der Waals surface area contributed by atoms with Gasteiger partial charge in [0, 0.05) is 31.7 Å². The first-order chi connectivity index (χ1) is 19.1. The molecule has 6 aliphatic rings. The molecule has 1 aliphatic heterocycles. The summed E-state index contributed by atoms with van der Waals surface area (Å²) in [6, 6.07) is 0.466. The number of nitrogens with one attached hydrogen (secondary N) is 2. The average molecular weight is 542 g/mol. The second kappa shape index (κ2) is 12.1. The van der Waals surface area contributed by atoms with Crippen molar-refractivity contribution in [2.45, 2.75) is 95.7 Å². The van der Waals surface area contributed by atoms with Crippen LogP contribution in [0.1, 0.15) is 87.4 Å². The Hall–Kier alpha value is -2.29. The lowest BCUT2D eigenvalue weighted by Gasteiger charge is -2.54. The quantitative estimate of drug-likeness (QED) is 0.486. The second-order valence-electron chi connectivity index (χ2n) is 13.1. The lowest BCUT2D eigenvalue weighted by atomic mass is 9.54. The monoisotopic (exact) mass is 541 g/mol. The van der Waals surface area contributed by atoms with Gasteiger partial charge in [-0.25, -0.2) is 9.48 Å². The highest BCUT2D eigenvalue weighted by molar-refractivity contribution is 5.96. The van der Waals surface area contributed by atoms with Crippen molar-refractivity contribution in [2.75, 3.05) is 33.4 Å². The van der Waals surface area contributed by atoms with Crippen LogP contribution in [-0.4, -0.2) is 72.1 Å². The number of nitrogens with zero attached hydrogens (tertiary/aromatic N) is 3. The second-order valence-corrected chi connectivity index (χ2v) is 13.1. The molecule has 1 aromatic heterocycles. The summed E-state index contributed by atoms with van der Waals surface area (Å²) in [5, 5.41) is 11.1. The van der Waals surface area contributed by atoms with Crippen LogP contribution in [0.5, 0.6) is 5.88 Å². The van der Waals surface area contributed by atoms with Crippen molar-refractivity contribution in [1.82, 2.24) is 25.3 Å². The number of rotatable bonds is 9. The maximum Gasteiger partial charge on any atom is 0.407 e. The Labute approximate surface area is 232 Å². The molecule has 2 heterocycles. The molecule has 2 amide bonds. The Morgan fingerprint density at radius 3 is 2.28 bits per heavy atom. The maximum absolute atomic E-state index is 13.7. The molecule has 9 nitrogen and oxygen atoms in total. The minimum atomic E-state index is -0.357. The highest BCUT2D eigenvalue weighted by Crippen LogP contribution is 2.53. The van der Waals surface area contributed by atoms with E-state index in [9.17, 15) is 9.59 Å². The summed E-state index contributed by atoms with van der Waals surface area (Å²) in [4.78, 5) is 27.6. The first-order valence-corrected chi connectivity index (χ1v) is 15.6. The van der Waals surface area contributed by atoms with Gasteiger partial charge in [-0.15, -0.1) is 0 Å².